The fourth-order valence-corrected chi connectivity index (χ4v) is 2.48. The number of likely N-dealkylation sites (tertiary alicyclic amines) is 1. The molecule has 0 aliphatic carbocycles. The number of unbranched alkanes of at least 4 members (excludes halogenated alkanes) is 5. The number of rotatable bonds is 7. The number of carbonyl (C=O) groups is 1. The zero-order chi connectivity index (χ0) is 13.8. The summed E-state index contributed by atoms with van der Waals surface area (Å²) in [5, 5.41) is 7.42. The van der Waals surface area contributed by atoms with Crippen LogP contribution in [0.5, 0.6) is 0 Å². The van der Waals surface area contributed by atoms with Crippen molar-refractivity contribution in [1.29, 1.82) is 0 Å². The van der Waals surface area contributed by atoms with E-state index in [1.165, 1.54) is 64.5 Å². The maximum atomic E-state index is 9.00. The highest BCUT2D eigenvalue weighted by atomic mass is 16.4. The van der Waals surface area contributed by atoms with Crippen LogP contribution in [0, 0.1) is 5.92 Å². The Kier molecular flexibility index (Phi) is 11.2. The molecule has 1 saturated heterocycles. The minimum atomic E-state index is -0.833. The number of nitrogens with zero attached hydrogens (tertiary/aromatic N) is 1. The Morgan fingerprint density at radius 3 is 2.28 bits per heavy atom. The molecule has 3 nitrogen and oxygen atoms in total. The first kappa shape index (κ1) is 17.4. The molecule has 0 saturated carbocycles. The summed E-state index contributed by atoms with van der Waals surface area (Å²) in [6.45, 7) is 6.06. The molecule has 1 atom stereocenters. The number of carboxylic acid groups (broad SMARTS) is 1. The predicted octanol–water partition coefficient (Wildman–Crippen LogP) is 3.78. The summed E-state index contributed by atoms with van der Waals surface area (Å²) >= 11 is 0. The van der Waals surface area contributed by atoms with Crippen LogP contribution in [-0.2, 0) is 4.79 Å². The van der Waals surface area contributed by atoms with E-state index in [-0.39, 0.29) is 0 Å². The van der Waals surface area contributed by atoms with Gasteiger partial charge in [0.05, 0.1) is 0 Å². The van der Waals surface area contributed by atoms with E-state index in [0.717, 1.165) is 12.8 Å². The molecule has 1 aliphatic heterocycles. The molecular weight excluding hydrogens is 226 g/mol. The van der Waals surface area contributed by atoms with Gasteiger partial charge in [0.2, 0.25) is 0 Å². The van der Waals surface area contributed by atoms with Gasteiger partial charge in [-0.3, -0.25) is 4.79 Å². The van der Waals surface area contributed by atoms with E-state index < -0.39 is 5.97 Å². The third kappa shape index (κ3) is 11.9. The van der Waals surface area contributed by atoms with E-state index in [0.29, 0.717) is 0 Å². The third-order valence-corrected chi connectivity index (χ3v) is 3.45. The second kappa shape index (κ2) is 11.5. The quantitative estimate of drug-likeness (QED) is 0.706. The molecule has 3 heteroatoms. The van der Waals surface area contributed by atoms with Gasteiger partial charge in [0.1, 0.15) is 0 Å². The highest BCUT2D eigenvalue weighted by molar-refractivity contribution is 5.62. The van der Waals surface area contributed by atoms with Crippen LogP contribution in [0.2, 0.25) is 0 Å². The van der Waals surface area contributed by atoms with Gasteiger partial charge in [0, 0.05) is 13.5 Å². The minimum absolute atomic E-state index is 0.833. The molecule has 0 bridgehead atoms. The van der Waals surface area contributed by atoms with Crippen molar-refractivity contribution in [3.63, 3.8) is 0 Å². The van der Waals surface area contributed by atoms with Gasteiger partial charge < -0.3 is 10.0 Å². The second-order valence-electron chi connectivity index (χ2n) is 5.49. The van der Waals surface area contributed by atoms with Crippen LogP contribution in [-0.4, -0.2) is 36.1 Å². The molecule has 1 heterocycles. The molecule has 1 aliphatic rings. The summed E-state index contributed by atoms with van der Waals surface area (Å²) in [7, 11) is 2.25. The van der Waals surface area contributed by atoms with Crippen LogP contribution in [0.4, 0.5) is 0 Å². The first-order chi connectivity index (χ1) is 8.56. The van der Waals surface area contributed by atoms with Crippen molar-refractivity contribution in [2.24, 2.45) is 5.92 Å². The highest BCUT2D eigenvalue weighted by Crippen LogP contribution is 2.21. The Labute approximate surface area is 113 Å². The van der Waals surface area contributed by atoms with Gasteiger partial charge in [0.25, 0.3) is 5.97 Å². The maximum Gasteiger partial charge on any atom is 0.300 e. The molecule has 0 radical (unpaired) electrons. The Bertz CT molecular complexity index is 203. The van der Waals surface area contributed by atoms with E-state index >= 15 is 0 Å². The lowest BCUT2D eigenvalue weighted by molar-refractivity contribution is -0.134. The average Bonchev–Trinajstić information content (AvgIpc) is 2.69. The van der Waals surface area contributed by atoms with Crippen molar-refractivity contribution < 1.29 is 9.90 Å². The van der Waals surface area contributed by atoms with Gasteiger partial charge in [-0.25, -0.2) is 0 Å². The van der Waals surface area contributed by atoms with Crippen LogP contribution in [0.25, 0.3) is 0 Å². The van der Waals surface area contributed by atoms with Crippen molar-refractivity contribution in [3.8, 4) is 0 Å². The molecule has 0 spiro atoms. The fourth-order valence-electron chi connectivity index (χ4n) is 2.48. The summed E-state index contributed by atoms with van der Waals surface area (Å²) in [5.74, 6) is 0.186. The van der Waals surface area contributed by atoms with Crippen LogP contribution in [0.3, 0.4) is 0 Å². The Hall–Kier alpha value is -0.570. The van der Waals surface area contributed by atoms with Crippen molar-refractivity contribution in [2.75, 3.05) is 20.1 Å². The van der Waals surface area contributed by atoms with E-state index in [1.54, 1.807) is 0 Å². The van der Waals surface area contributed by atoms with Gasteiger partial charge >= 0.3 is 0 Å². The molecule has 0 aromatic rings. The van der Waals surface area contributed by atoms with Gasteiger partial charge in [-0.05, 0) is 32.4 Å². The smallest absolute Gasteiger partial charge is 0.300 e. The van der Waals surface area contributed by atoms with Crippen molar-refractivity contribution in [1.82, 2.24) is 4.90 Å². The van der Waals surface area contributed by atoms with Gasteiger partial charge in [-0.1, -0.05) is 45.4 Å². The molecule has 0 amide bonds. The van der Waals surface area contributed by atoms with Gasteiger partial charge in [0.15, 0.2) is 0 Å². The third-order valence-electron chi connectivity index (χ3n) is 3.45. The molecule has 18 heavy (non-hydrogen) atoms. The molecule has 1 fully saturated rings. The van der Waals surface area contributed by atoms with E-state index in [9.17, 15) is 0 Å². The molecular formula is C15H31NO2. The Morgan fingerprint density at radius 2 is 1.78 bits per heavy atom. The van der Waals surface area contributed by atoms with Crippen LogP contribution in [0.15, 0.2) is 0 Å². The van der Waals surface area contributed by atoms with Crippen LogP contribution >= 0.6 is 0 Å². The van der Waals surface area contributed by atoms with Gasteiger partial charge in [-0.15, -0.1) is 0 Å². The molecule has 0 aromatic carbocycles. The molecule has 1 N–H and O–H groups in total. The van der Waals surface area contributed by atoms with E-state index in [2.05, 4.69) is 18.9 Å². The first-order valence-corrected chi connectivity index (χ1v) is 7.44. The van der Waals surface area contributed by atoms with Crippen LogP contribution < -0.4 is 0 Å². The van der Waals surface area contributed by atoms with Crippen molar-refractivity contribution >= 4 is 5.97 Å². The number of carboxylic acids is 1. The second-order valence-corrected chi connectivity index (χ2v) is 5.49. The highest BCUT2D eigenvalue weighted by Gasteiger charge is 2.18. The predicted molar refractivity (Wildman–Crippen MR) is 76.9 cm³/mol. The molecule has 1 unspecified atom stereocenters. The summed E-state index contributed by atoms with van der Waals surface area (Å²) in [5.41, 5.74) is 0. The minimum Gasteiger partial charge on any atom is -0.481 e. The van der Waals surface area contributed by atoms with Crippen LogP contribution in [0.1, 0.15) is 65.2 Å². The van der Waals surface area contributed by atoms with E-state index in [1.807, 2.05) is 0 Å². The Morgan fingerprint density at radius 1 is 1.22 bits per heavy atom. The molecule has 0 aromatic heterocycles. The zero-order valence-electron chi connectivity index (χ0n) is 12.5. The largest absolute Gasteiger partial charge is 0.481 e. The first-order valence-electron chi connectivity index (χ1n) is 7.44. The number of aliphatic carboxylic acids is 1. The van der Waals surface area contributed by atoms with Crippen molar-refractivity contribution in [2.45, 2.75) is 65.2 Å². The summed E-state index contributed by atoms with van der Waals surface area (Å²) < 4.78 is 0. The summed E-state index contributed by atoms with van der Waals surface area (Å²) in [6, 6.07) is 0. The summed E-state index contributed by atoms with van der Waals surface area (Å²) in [6.07, 6.45) is 11.6. The fraction of sp³-hybridized carbons (Fsp3) is 0.933. The topological polar surface area (TPSA) is 40.5 Å². The monoisotopic (exact) mass is 257 g/mol. The Balaban J connectivity index is 0.000000631. The lowest BCUT2D eigenvalue weighted by Crippen LogP contribution is -2.13. The normalized spacial score (nSPS) is 19.4. The number of hydrogen-bond acceptors (Lipinski definition) is 2. The van der Waals surface area contributed by atoms with E-state index in [4.69, 9.17) is 9.90 Å². The lowest BCUT2D eigenvalue weighted by Gasteiger charge is -2.09. The standard InChI is InChI=1S/C13H27N.C2H4O2/c1-3-4-5-6-7-8-9-13-10-11-14(2)12-13;1-2(3)4/h13H,3-12H2,1-2H3;1H3,(H,3,4). The van der Waals surface area contributed by atoms with Gasteiger partial charge in [-0.2, -0.15) is 0 Å². The maximum absolute atomic E-state index is 9.00. The molecule has 1 rings (SSSR count). The number of hydrogen-bond donors (Lipinski definition) is 1. The summed E-state index contributed by atoms with van der Waals surface area (Å²) in [4.78, 5) is 11.5. The SMILES string of the molecule is CC(=O)O.CCCCCCCCC1CCN(C)C1. The zero-order valence-corrected chi connectivity index (χ0v) is 12.5. The lowest BCUT2D eigenvalue weighted by atomic mass is 10.00. The molecule has 108 valence electrons. The average molecular weight is 257 g/mol. The van der Waals surface area contributed by atoms with Crippen molar-refractivity contribution in [3.05, 3.63) is 0 Å².